The Kier molecular flexibility index (Phi) is 6.60. The van der Waals surface area contributed by atoms with Gasteiger partial charge in [-0.1, -0.05) is 15.9 Å². The molecule has 0 aliphatic rings. The molecule has 6 nitrogen and oxygen atoms in total. The largest absolute Gasteiger partial charge is 0.396 e. The highest BCUT2D eigenvalue weighted by Gasteiger charge is 2.21. The number of halogens is 1. The zero-order chi connectivity index (χ0) is 15.2. The molecule has 0 fully saturated rings. The van der Waals surface area contributed by atoms with Crippen LogP contribution >= 0.6 is 15.9 Å². The highest BCUT2D eigenvalue weighted by Crippen LogP contribution is 2.14. The van der Waals surface area contributed by atoms with Crippen molar-refractivity contribution in [2.24, 2.45) is 0 Å². The number of nitrogens with one attached hydrogen (secondary N) is 2. The normalized spacial score (nSPS) is 12.9. The van der Waals surface area contributed by atoms with Crippen molar-refractivity contribution in [3.63, 3.8) is 0 Å². The summed E-state index contributed by atoms with van der Waals surface area (Å²) in [6, 6.07) is 5.23. The highest BCUT2D eigenvalue weighted by molar-refractivity contribution is 9.10. The smallest absolute Gasteiger partial charge is 0.241 e. The van der Waals surface area contributed by atoms with Crippen molar-refractivity contribution in [3.05, 3.63) is 28.7 Å². The molecule has 1 aromatic carbocycles. The van der Waals surface area contributed by atoms with Crippen LogP contribution in [0.5, 0.6) is 0 Å². The van der Waals surface area contributed by atoms with E-state index in [1.807, 2.05) is 0 Å². The number of hydrogen-bond donors (Lipinski definition) is 3. The Morgan fingerprint density at radius 2 is 1.95 bits per heavy atom. The van der Waals surface area contributed by atoms with Gasteiger partial charge in [0.2, 0.25) is 15.9 Å². The second-order valence-electron chi connectivity index (χ2n) is 4.17. The molecule has 1 unspecified atom stereocenters. The number of carbonyl (C=O) groups excluding carboxylic acids is 1. The van der Waals surface area contributed by atoms with Gasteiger partial charge in [0.25, 0.3) is 0 Å². The first-order valence-corrected chi connectivity index (χ1v) is 8.31. The van der Waals surface area contributed by atoms with E-state index < -0.39 is 22.0 Å². The number of hydrogen-bond acceptors (Lipinski definition) is 4. The van der Waals surface area contributed by atoms with Crippen LogP contribution in [0.25, 0.3) is 0 Å². The van der Waals surface area contributed by atoms with E-state index in [1.54, 1.807) is 12.1 Å². The van der Waals surface area contributed by atoms with Gasteiger partial charge in [-0.25, -0.2) is 8.42 Å². The minimum atomic E-state index is -3.73. The zero-order valence-corrected chi connectivity index (χ0v) is 13.4. The van der Waals surface area contributed by atoms with Crippen molar-refractivity contribution in [1.82, 2.24) is 10.0 Å². The molecule has 0 bridgehead atoms. The van der Waals surface area contributed by atoms with Crippen LogP contribution in [0.2, 0.25) is 0 Å². The molecule has 0 radical (unpaired) electrons. The van der Waals surface area contributed by atoms with Gasteiger partial charge in [-0.2, -0.15) is 4.72 Å². The Morgan fingerprint density at radius 3 is 2.50 bits per heavy atom. The molecule has 1 aromatic rings. The topological polar surface area (TPSA) is 95.5 Å². The van der Waals surface area contributed by atoms with Gasteiger partial charge in [-0.15, -0.1) is 0 Å². The lowest BCUT2D eigenvalue weighted by molar-refractivity contribution is -0.122. The molecule has 112 valence electrons. The van der Waals surface area contributed by atoms with Crippen LogP contribution < -0.4 is 10.0 Å². The molecule has 20 heavy (non-hydrogen) atoms. The van der Waals surface area contributed by atoms with Crippen molar-refractivity contribution < 1.29 is 18.3 Å². The number of rotatable bonds is 7. The predicted octanol–water partition coefficient (Wildman–Crippen LogP) is 0.615. The molecular weight excluding hydrogens is 348 g/mol. The molecule has 0 spiro atoms. The molecule has 1 rings (SSSR count). The summed E-state index contributed by atoms with van der Waals surface area (Å²) in [5.74, 6) is -0.431. The number of aliphatic hydroxyl groups is 1. The molecule has 1 atom stereocenters. The molecule has 0 saturated heterocycles. The first kappa shape index (κ1) is 17.1. The quantitative estimate of drug-likeness (QED) is 0.617. The summed E-state index contributed by atoms with van der Waals surface area (Å²) in [5.41, 5.74) is 0. The summed E-state index contributed by atoms with van der Waals surface area (Å²) in [4.78, 5) is 11.7. The standard InChI is InChI=1S/C12H17BrN2O4S/c1-9(12(17)14-7-2-8-16)15-20(18,19)11-5-3-10(13)4-6-11/h3-6,9,15-16H,2,7-8H2,1H3,(H,14,17). The van der Waals surface area contributed by atoms with Gasteiger partial charge < -0.3 is 10.4 Å². The fourth-order valence-corrected chi connectivity index (χ4v) is 2.88. The van der Waals surface area contributed by atoms with Crippen LogP contribution in [-0.4, -0.2) is 38.6 Å². The summed E-state index contributed by atoms with van der Waals surface area (Å²) in [5, 5.41) is 11.1. The summed E-state index contributed by atoms with van der Waals surface area (Å²) in [6.45, 7) is 1.74. The molecule has 1 amide bonds. The van der Waals surface area contributed by atoms with Crippen LogP contribution in [0.1, 0.15) is 13.3 Å². The van der Waals surface area contributed by atoms with E-state index >= 15 is 0 Å². The minimum absolute atomic E-state index is 0.0285. The third kappa shape index (κ3) is 5.20. The molecular formula is C12H17BrN2O4S. The first-order valence-electron chi connectivity index (χ1n) is 6.03. The van der Waals surface area contributed by atoms with Gasteiger partial charge in [0.15, 0.2) is 0 Å². The van der Waals surface area contributed by atoms with Gasteiger partial charge in [0.1, 0.15) is 0 Å². The summed E-state index contributed by atoms with van der Waals surface area (Å²) in [7, 11) is -3.73. The van der Waals surface area contributed by atoms with Gasteiger partial charge in [-0.05, 0) is 37.6 Å². The van der Waals surface area contributed by atoms with Gasteiger partial charge in [0, 0.05) is 17.6 Å². The van der Waals surface area contributed by atoms with Crippen molar-refractivity contribution in [2.45, 2.75) is 24.3 Å². The lowest BCUT2D eigenvalue weighted by Crippen LogP contribution is -2.45. The van der Waals surface area contributed by atoms with Crippen LogP contribution in [0.15, 0.2) is 33.6 Å². The van der Waals surface area contributed by atoms with E-state index in [1.165, 1.54) is 19.1 Å². The zero-order valence-electron chi connectivity index (χ0n) is 11.0. The summed E-state index contributed by atoms with van der Waals surface area (Å²) < 4.78 is 27.2. The van der Waals surface area contributed by atoms with E-state index in [0.717, 1.165) is 4.47 Å². The maximum atomic E-state index is 12.0. The number of benzene rings is 1. The Bertz CT molecular complexity index is 545. The third-order valence-electron chi connectivity index (χ3n) is 2.48. The van der Waals surface area contributed by atoms with Gasteiger partial charge >= 0.3 is 0 Å². The van der Waals surface area contributed by atoms with Gasteiger partial charge in [0.05, 0.1) is 10.9 Å². The number of amides is 1. The van der Waals surface area contributed by atoms with Crippen molar-refractivity contribution in [1.29, 1.82) is 0 Å². The maximum Gasteiger partial charge on any atom is 0.241 e. The lowest BCUT2D eigenvalue weighted by Gasteiger charge is -2.14. The molecule has 0 aromatic heterocycles. The second-order valence-corrected chi connectivity index (χ2v) is 6.79. The summed E-state index contributed by atoms with van der Waals surface area (Å²) in [6.07, 6.45) is 0.428. The fraction of sp³-hybridized carbons (Fsp3) is 0.417. The Labute approximate surface area is 126 Å². The van der Waals surface area contributed by atoms with Gasteiger partial charge in [-0.3, -0.25) is 4.79 Å². The fourth-order valence-electron chi connectivity index (χ4n) is 1.41. The number of carbonyl (C=O) groups is 1. The number of sulfonamides is 1. The van der Waals surface area contributed by atoms with E-state index in [2.05, 4.69) is 26.0 Å². The average molecular weight is 365 g/mol. The Morgan fingerprint density at radius 1 is 1.35 bits per heavy atom. The van der Waals surface area contributed by atoms with Crippen molar-refractivity contribution >= 4 is 31.9 Å². The monoisotopic (exact) mass is 364 g/mol. The second kappa shape index (κ2) is 7.72. The summed E-state index contributed by atoms with van der Waals surface area (Å²) >= 11 is 3.22. The molecule has 0 aliphatic carbocycles. The molecule has 8 heteroatoms. The molecule has 3 N–H and O–H groups in total. The molecule has 0 saturated carbocycles. The van der Waals surface area contributed by atoms with E-state index in [9.17, 15) is 13.2 Å². The van der Waals surface area contributed by atoms with Crippen LogP contribution in [0.4, 0.5) is 0 Å². The van der Waals surface area contributed by atoms with E-state index in [0.29, 0.717) is 13.0 Å². The average Bonchev–Trinajstić information content (AvgIpc) is 2.38. The van der Waals surface area contributed by atoms with E-state index in [4.69, 9.17) is 5.11 Å². The van der Waals surface area contributed by atoms with Crippen LogP contribution in [0.3, 0.4) is 0 Å². The SMILES string of the molecule is CC(NS(=O)(=O)c1ccc(Br)cc1)C(=O)NCCCO. The molecule has 0 aliphatic heterocycles. The van der Waals surface area contributed by atoms with Crippen LogP contribution in [0, 0.1) is 0 Å². The molecule has 0 heterocycles. The predicted molar refractivity (Wildman–Crippen MR) is 78.6 cm³/mol. The van der Waals surface area contributed by atoms with Crippen LogP contribution in [-0.2, 0) is 14.8 Å². The first-order chi connectivity index (χ1) is 9.36. The maximum absolute atomic E-state index is 12.0. The lowest BCUT2D eigenvalue weighted by atomic mass is 10.3. The van der Waals surface area contributed by atoms with E-state index in [-0.39, 0.29) is 11.5 Å². The minimum Gasteiger partial charge on any atom is -0.396 e. The third-order valence-corrected chi connectivity index (χ3v) is 4.57. The Balaban J connectivity index is 2.66. The highest BCUT2D eigenvalue weighted by atomic mass is 79.9. The van der Waals surface area contributed by atoms with Crippen molar-refractivity contribution in [3.8, 4) is 0 Å². The number of aliphatic hydroxyl groups excluding tert-OH is 1. The Hall–Kier alpha value is -0.960. The van der Waals surface area contributed by atoms with Crippen molar-refractivity contribution in [2.75, 3.05) is 13.2 Å².